The third-order valence-electron chi connectivity index (χ3n) is 16.9. The molecule has 0 radical (unpaired) electrons. The van der Waals surface area contributed by atoms with E-state index in [-0.39, 0.29) is 16.2 Å². The van der Waals surface area contributed by atoms with Crippen molar-refractivity contribution in [3.8, 4) is 33.4 Å². The molecule has 78 heavy (non-hydrogen) atoms. The standard InChI is InChI=1S/3C26H20/c1-19-11-10-17-23-22-16-8-9-18-24(22)26(25(19)23,20-12-4-2-5-13-20)21-14-6-3-7-15-21;1-19-16-17-25-23(18-19)22-14-8-9-15-24(22)26(25,20-10-4-2-5-11-20)21-12-6-3-7-13-21;1-19-16-17-23-22-14-8-9-15-24(22)26(25(23)18-19,20-10-4-2-5-11-20)21-12-6-3-7-13-21/h3*2-18H,1H3. The van der Waals surface area contributed by atoms with Gasteiger partial charge in [-0.15, -0.1) is 0 Å². The zero-order chi connectivity index (χ0) is 52.7. The minimum Gasteiger partial charge on any atom is -0.0622 e. The molecule has 0 nitrogen and oxygen atoms in total. The fraction of sp³-hybridized carbons (Fsp3) is 0.0769. The third kappa shape index (κ3) is 7.50. The van der Waals surface area contributed by atoms with Gasteiger partial charge in [0.2, 0.25) is 0 Å². The highest BCUT2D eigenvalue weighted by Crippen LogP contribution is 2.59. The minimum absolute atomic E-state index is 0.262. The van der Waals surface area contributed by atoms with Gasteiger partial charge >= 0.3 is 0 Å². The van der Waals surface area contributed by atoms with Crippen LogP contribution in [0.1, 0.15) is 83.5 Å². The summed E-state index contributed by atoms with van der Waals surface area (Å²) >= 11 is 0. The van der Waals surface area contributed by atoms with Gasteiger partial charge in [-0.25, -0.2) is 0 Å². The Bertz CT molecular complexity index is 3950. The van der Waals surface area contributed by atoms with Crippen molar-refractivity contribution < 1.29 is 0 Å². The Morgan fingerprint density at radius 2 is 0.487 bits per heavy atom. The molecule has 3 aliphatic rings. The van der Waals surface area contributed by atoms with Crippen LogP contribution in [0.5, 0.6) is 0 Å². The number of benzene rings is 12. The van der Waals surface area contributed by atoms with E-state index < -0.39 is 0 Å². The SMILES string of the molecule is Cc1ccc2c(c1)-c1ccccc1C2(c1ccccc1)c1ccccc1.Cc1ccc2c(c1)C(c1ccccc1)(c1ccccc1)c1ccccc1-2.Cc1cccc2c1C(c1ccccc1)(c1ccccc1)c1ccccc1-2. The largest absolute Gasteiger partial charge is 0.0716 e. The van der Waals surface area contributed by atoms with E-state index in [0.29, 0.717) is 0 Å². The summed E-state index contributed by atoms with van der Waals surface area (Å²) < 4.78 is 0. The second kappa shape index (κ2) is 20.0. The van der Waals surface area contributed by atoms with Gasteiger partial charge in [0, 0.05) is 0 Å². The molecular weight excluding hydrogens is 937 g/mol. The number of fused-ring (bicyclic) bond motifs is 9. The lowest BCUT2D eigenvalue weighted by atomic mass is 9.67. The van der Waals surface area contributed by atoms with Gasteiger partial charge in [-0.2, -0.15) is 0 Å². The molecule has 372 valence electrons. The van der Waals surface area contributed by atoms with Gasteiger partial charge in [-0.3, -0.25) is 0 Å². The molecule has 0 amide bonds. The molecule has 0 N–H and O–H groups in total. The first-order valence-electron chi connectivity index (χ1n) is 27.4. The minimum atomic E-state index is -0.264. The van der Waals surface area contributed by atoms with Crippen LogP contribution < -0.4 is 0 Å². The molecule has 0 aromatic heterocycles. The molecule has 0 bridgehead atoms. The normalized spacial score (nSPS) is 13.9. The Morgan fingerprint density at radius 3 is 0.936 bits per heavy atom. The first kappa shape index (κ1) is 48.3. The van der Waals surface area contributed by atoms with E-state index in [1.54, 1.807) is 0 Å². The molecule has 0 heterocycles. The molecule has 0 saturated heterocycles. The highest BCUT2D eigenvalue weighted by molar-refractivity contribution is 5.89. The molecule has 0 spiro atoms. The fourth-order valence-corrected chi connectivity index (χ4v) is 13.8. The molecule has 0 unspecified atom stereocenters. The van der Waals surface area contributed by atoms with Crippen molar-refractivity contribution in [3.63, 3.8) is 0 Å². The van der Waals surface area contributed by atoms with E-state index in [9.17, 15) is 0 Å². The zero-order valence-electron chi connectivity index (χ0n) is 44.4. The second-order valence-electron chi connectivity index (χ2n) is 21.2. The van der Waals surface area contributed by atoms with Crippen molar-refractivity contribution in [2.45, 2.75) is 37.0 Å². The predicted molar refractivity (Wildman–Crippen MR) is 325 cm³/mol. The van der Waals surface area contributed by atoms with E-state index in [2.05, 4.69) is 330 Å². The summed E-state index contributed by atoms with van der Waals surface area (Å²) in [5, 5.41) is 0. The number of rotatable bonds is 6. The molecular formula is C78H60. The average Bonchev–Trinajstić information content (AvgIpc) is 4.30. The summed E-state index contributed by atoms with van der Waals surface area (Å²) in [5.41, 5.74) is 27.5. The smallest absolute Gasteiger partial charge is 0.0622 e. The van der Waals surface area contributed by atoms with Crippen LogP contribution in [0.3, 0.4) is 0 Å². The topological polar surface area (TPSA) is 0 Å². The second-order valence-corrected chi connectivity index (χ2v) is 21.2. The Morgan fingerprint density at radius 1 is 0.192 bits per heavy atom. The summed E-state index contributed by atoms with van der Waals surface area (Å²) in [6, 6.07) is 113. The number of aryl methyl sites for hydroxylation is 3. The Hall–Kier alpha value is -9.36. The van der Waals surface area contributed by atoms with Crippen LogP contribution in [0.2, 0.25) is 0 Å². The lowest BCUT2D eigenvalue weighted by Gasteiger charge is -2.34. The van der Waals surface area contributed by atoms with Gasteiger partial charge in [0.1, 0.15) is 0 Å². The van der Waals surface area contributed by atoms with Gasteiger partial charge in [0.05, 0.1) is 16.2 Å². The molecule has 15 rings (SSSR count). The summed E-state index contributed by atoms with van der Waals surface area (Å²) in [6.45, 7) is 6.60. The molecule has 0 heteroatoms. The lowest BCUT2D eigenvalue weighted by Crippen LogP contribution is -2.29. The maximum absolute atomic E-state index is 2.37. The first-order valence-corrected chi connectivity index (χ1v) is 27.4. The third-order valence-corrected chi connectivity index (χ3v) is 16.9. The quantitative estimate of drug-likeness (QED) is 0.156. The fourth-order valence-electron chi connectivity index (χ4n) is 13.8. The number of hydrogen-bond donors (Lipinski definition) is 0. The van der Waals surface area contributed by atoms with Crippen LogP contribution in [0, 0.1) is 20.8 Å². The molecule has 0 atom stereocenters. The van der Waals surface area contributed by atoms with E-state index >= 15 is 0 Å². The van der Waals surface area contributed by atoms with Crippen molar-refractivity contribution in [3.05, 3.63) is 393 Å². The molecule has 0 fully saturated rings. The Kier molecular flexibility index (Phi) is 12.4. The summed E-state index contributed by atoms with van der Waals surface area (Å²) in [5.74, 6) is 0. The van der Waals surface area contributed by atoms with Crippen LogP contribution in [-0.4, -0.2) is 0 Å². The predicted octanol–water partition coefficient (Wildman–Crippen LogP) is 19.1. The van der Waals surface area contributed by atoms with Crippen molar-refractivity contribution in [2.75, 3.05) is 0 Å². The van der Waals surface area contributed by atoms with Crippen LogP contribution in [0.25, 0.3) is 33.4 Å². The van der Waals surface area contributed by atoms with Crippen molar-refractivity contribution >= 4 is 0 Å². The van der Waals surface area contributed by atoms with Crippen LogP contribution in [0.15, 0.2) is 309 Å². The maximum Gasteiger partial charge on any atom is 0.0716 e. The molecule has 0 aliphatic heterocycles. The summed E-state index contributed by atoms with van der Waals surface area (Å²) in [7, 11) is 0. The molecule has 3 aliphatic carbocycles. The Labute approximate surface area is 460 Å². The van der Waals surface area contributed by atoms with E-state index in [1.165, 1.54) is 117 Å². The van der Waals surface area contributed by atoms with Crippen molar-refractivity contribution in [2.24, 2.45) is 0 Å². The Balaban J connectivity index is 0.000000111. The van der Waals surface area contributed by atoms with E-state index in [4.69, 9.17) is 0 Å². The number of hydrogen-bond acceptors (Lipinski definition) is 0. The van der Waals surface area contributed by atoms with Gasteiger partial charge < -0.3 is 0 Å². The van der Waals surface area contributed by atoms with Gasteiger partial charge in [-0.1, -0.05) is 321 Å². The van der Waals surface area contributed by atoms with Crippen molar-refractivity contribution in [1.29, 1.82) is 0 Å². The van der Waals surface area contributed by atoms with Gasteiger partial charge in [-0.05, 0) is 126 Å². The van der Waals surface area contributed by atoms with Crippen LogP contribution >= 0.6 is 0 Å². The molecule has 12 aromatic rings. The first-order chi connectivity index (χ1) is 38.5. The van der Waals surface area contributed by atoms with Gasteiger partial charge in [0.15, 0.2) is 0 Å². The van der Waals surface area contributed by atoms with E-state index in [1.807, 2.05) is 0 Å². The average molecular weight is 997 g/mol. The van der Waals surface area contributed by atoms with Crippen LogP contribution in [-0.2, 0) is 16.2 Å². The highest BCUT2D eigenvalue weighted by atomic mass is 14.5. The van der Waals surface area contributed by atoms with Gasteiger partial charge in [0.25, 0.3) is 0 Å². The van der Waals surface area contributed by atoms with E-state index in [0.717, 1.165) is 0 Å². The van der Waals surface area contributed by atoms with Crippen LogP contribution in [0.4, 0.5) is 0 Å². The molecule has 12 aromatic carbocycles. The maximum atomic E-state index is 2.37. The summed E-state index contributed by atoms with van der Waals surface area (Å²) in [4.78, 5) is 0. The molecule has 0 saturated carbocycles. The monoisotopic (exact) mass is 996 g/mol. The lowest BCUT2D eigenvalue weighted by molar-refractivity contribution is 0.762. The van der Waals surface area contributed by atoms with Crippen molar-refractivity contribution in [1.82, 2.24) is 0 Å². The highest BCUT2D eigenvalue weighted by Gasteiger charge is 2.49. The zero-order valence-corrected chi connectivity index (χ0v) is 44.4. The summed E-state index contributed by atoms with van der Waals surface area (Å²) in [6.07, 6.45) is 0.